The normalized spacial score (nSPS) is 17.5. The van der Waals surface area contributed by atoms with Gasteiger partial charge in [0.25, 0.3) is 5.91 Å². The van der Waals surface area contributed by atoms with Gasteiger partial charge in [-0.05, 0) is 24.3 Å². The molecule has 2 aromatic rings. The highest BCUT2D eigenvalue weighted by Gasteiger charge is 2.29. The molecule has 0 bridgehead atoms. The second-order valence-electron chi connectivity index (χ2n) is 6.68. The molecule has 9 heteroatoms. The lowest BCUT2D eigenvalue weighted by Gasteiger charge is -2.30. The van der Waals surface area contributed by atoms with Crippen LogP contribution in [0.15, 0.2) is 47.4 Å². The van der Waals surface area contributed by atoms with Crippen LogP contribution in [0.1, 0.15) is 10.4 Å². The first-order valence-corrected chi connectivity index (χ1v) is 10.5. The molecule has 1 amide bonds. The number of rotatable bonds is 4. The Morgan fingerprint density at radius 2 is 1.75 bits per heavy atom. The number of sulfonamides is 1. The Bertz CT molecular complexity index is 1000. The van der Waals surface area contributed by atoms with Crippen molar-refractivity contribution in [3.05, 3.63) is 48.0 Å². The van der Waals surface area contributed by atoms with Crippen LogP contribution in [0.4, 0.5) is 5.69 Å². The zero-order valence-corrected chi connectivity index (χ0v) is 16.0. The molecule has 2 N–H and O–H groups in total. The minimum atomic E-state index is -3.89. The van der Waals surface area contributed by atoms with Crippen LogP contribution >= 0.6 is 0 Å². The fraction of sp³-hybridized carbons (Fsp3) is 0.316. The highest BCUT2D eigenvalue weighted by Crippen LogP contribution is 2.39. The van der Waals surface area contributed by atoms with Crippen molar-refractivity contribution in [3.8, 4) is 11.5 Å². The number of para-hydroxylation sites is 1. The van der Waals surface area contributed by atoms with Crippen LogP contribution in [0.2, 0.25) is 0 Å². The fourth-order valence-corrected chi connectivity index (χ4v) is 3.90. The van der Waals surface area contributed by atoms with Gasteiger partial charge in [-0.2, -0.15) is 0 Å². The molecule has 0 aliphatic carbocycles. The van der Waals surface area contributed by atoms with E-state index >= 15 is 0 Å². The Morgan fingerprint density at radius 1 is 1.00 bits per heavy atom. The van der Waals surface area contributed by atoms with Crippen LogP contribution in [-0.2, 0) is 14.8 Å². The van der Waals surface area contributed by atoms with E-state index in [4.69, 9.17) is 14.6 Å². The molecule has 0 aromatic heterocycles. The number of anilines is 1. The number of carbonyl (C=O) groups is 1. The number of hydrogen-bond donors (Lipinski definition) is 1. The predicted octanol–water partition coefficient (Wildman–Crippen LogP) is 1.42. The first-order chi connectivity index (χ1) is 13.4. The van der Waals surface area contributed by atoms with Crippen LogP contribution in [0, 0.1) is 0 Å². The number of fused-ring (bicyclic) bond motifs is 2. The third kappa shape index (κ3) is 3.74. The summed E-state index contributed by atoms with van der Waals surface area (Å²) in [6.45, 7) is 4.09. The third-order valence-corrected chi connectivity index (χ3v) is 5.79. The molecule has 148 valence electrons. The van der Waals surface area contributed by atoms with Gasteiger partial charge >= 0.3 is 0 Å². The summed E-state index contributed by atoms with van der Waals surface area (Å²) >= 11 is 0. The van der Waals surface area contributed by atoms with Crippen LogP contribution in [0.25, 0.3) is 0 Å². The quantitative estimate of drug-likeness (QED) is 0.828. The zero-order chi connectivity index (χ0) is 19.7. The molecule has 0 radical (unpaired) electrons. The zero-order valence-electron chi connectivity index (χ0n) is 15.2. The van der Waals surface area contributed by atoms with Crippen molar-refractivity contribution >= 4 is 21.6 Å². The van der Waals surface area contributed by atoms with Crippen molar-refractivity contribution in [1.29, 1.82) is 0 Å². The van der Waals surface area contributed by atoms with Crippen LogP contribution in [-0.4, -0.2) is 58.6 Å². The van der Waals surface area contributed by atoms with E-state index < -0.39 is 10.0 Å². The number of nitrogens with two attached hydrogens (primary N) is 1. The van der Waals surface area contributed by atoms with E-state index in [1.807, 2.05) is 0 Å². The van der Waals surface area contributed by atoms with Gasteiger partial charge in [-0.3, -0.25) is 9.69 Å². The highest BCUT2D eigenvalue weighted by molar-refractivity contribution is 7.89. The Labute approximate surface area is 163 Å². The summed E-state index contributed by atoms with van der Waals surface area (Å²) in [5, 5.41) is 5.26. The molecular weight excluding hydrogens is 382 g/mol. The third-order valence-electron chi connectivity index (χ3n) is 4.88. The van der Waals surface area contributed by atoms with E-state index in [1.165, 1.54) is 12.1 Å². The molecule has 28 heavy (non-hydrogen) atoms. The van der Waals surface area contributed by atoms with E-state index in [1.54, 1.807) is 35.2 Å². The van der Waals surface area contributed by atoms with E-state index in [9.17, 15) is 13.2 Å². The summed E-state index contributed by atoms with van der Waals surface area (Å²) in [5.74, 6) is 0.479. The summed E-state index contributed by atoms with van der Waals surface area (Å²) in [6, 6.07) is 11.2. The Kier molecular flexibility index (Phi) is 5.07. The monoisotopic (exact) mass is 403 g/mol. The molecule has 2 aliphatic rings. The van der Waals surface area contributed by atoms with Crippen LogP contribution in [0.3, 0.4) is 0 Å². The maximum Gasteiger partial charge on any atom is 0.262 e. The van der Waals surface area contributed by atoms with Gasteiger partial charge in [-0.25, -0.2) is 13.6 Å². The van der Waals surface area contributed by atoms with Gasteiger partial charge in [0.2, 0.25) is 10.0 Å². The highest BCUT2D eigenvalue weighted by atomic mass is 32.2. The molecule has 1 saturated heterocycles. The lowest BCUT2D eigenvalue weighted by atomic mass is 10.1. The smallest absolute Gasteiger partial charge is 0.262 e. The van der Waals surface area contributed by atoms with Gasteiger partial charge in [0.1, 0.15) is 5.75 Å². The van der Waals surface area contributed by atoms with Crippen molar-refractivity contribution in [2.45, 2.75) is 4.90 Å². The van der Waals surface area contributed by atoms with Crippen molar-refractivity contribution in [1.82, 2.24) is 4.90 Å². The van der Waals surface area contributed by atoms with E-state index in [0.717, 1.165) is 13.1 Å². The minimum absolute atomic E-state index is 0.0637. The van der Waals surface area contributed by atoms with Crippen molar-refractivity contribution in [3.63, 3.8) is 0 Å². The maximum atomic E-state index is 13.2. The molecule has 0 atom stereocenters. The van der Waals surface area contributed by atoms with E-state index in [2.05, 4.69) is 4.90 Å². The standard InChI is InChI=1S/C19H21N3O5S/c20-28(24,25)14-5-6-16-18(13-14)27-17-4-2-1-3-15(17)19(23)22(16)8-7-21-9-11-26-12-10-21/h1-6,13H,7-12H2,(H2,20,24,25). The molecular formula is C19H21N3O5S. The topological polar surface area (TPSA) is 102 Å². The van der Waals surface area contributed by atoms with Gasteiger partial charge in [0.05, 0.1) is 29.4 Å². The number of primary sulfonamides is 1. The average molecular weight is 403 g/mol. The maximum absolute atomic E-state index is 13.2. The number of hydrogen-bond acceptors (Lipinski definition) is 6. The largest absolute Gasteiger partial charge is 0.454 e. The van der Waals surface area contributed by atoms with Gasteiger partial charge in [-0.15, -0.1) is 0 Å². The SMILES string of the molecule is NS(=O)(=O)c1ccc2c(c1)Oc1ccccc1C(=O)N2CCN1CCOCC1. The molecule has 4 rings (SSSR count). The van der Waals surface area contributed by atoms with E-state index in [-0.39, 0.29) is 16.6 Å². The number of amides is 1. The summed E-state index contributed by atoms with van der Waals surface area (Å²) < 4.78 is 34.8. The summed E-state index contributed by atoms with van der Waals surface area (Å²) in [4.78, 5) is 17.0. The molecule has 0 unspecified atom stereocenters. The first kappa shape index (κ1) is 18.9. The number of morpholine rings is 1. The predicted molar refractivity (Wildman–Crippen MR) is 103 cm³/mol. The number of benzene rings is 2. The lowest BCUT2D eigenvalue weighted by molar-refractivity contribution is 0.0391. The molecule has 0 saturated carbocycles. The fourth-order valence-electron chi connectivity index (χ4n) is 3.37. The minimum Gasteiger partial charge on any atom is -0.454 e. The molecule has 2 aliphatic heterocycles. The van der Waals surface area contributed by atoms with Crippen molar-refractivity contribution in [2.75, 3.05) is 44.3 Å². The van der Waals surface area contributed by atoms with Gasteiger partial charge in [-0.1, -0.05) is 12.1 Å². The van der Waals surface area contributed by atoms with Crippen LogP contribution < -0.4 is 14.8 Å². The summed E-state index contributed by atoms with van der Waals surface area (Å²) in [6.07, 6.45) is 0. The first-order valence-electron chi connectivity index (χ1n) is 8.99. The van der Waals surface area contributed by atoms with E-state index in [0.29, 0.717) is 43.3 Å². The van der Waals surface area contributed by atoms with Crippen LogP contribution in [0.5, 0.6) is 11.5 Å². The Morgan fingerprint density at radius 3 is 2.50 bits per heavy atom. The average Bonchev–Trinajstić information content (AvgIpc) is 2.80. The van der Waals surface area contributed by atoms with Crippen molar-refractivity contribution < 1.29 is 22.7 Å². The summed E-state index contributed by atoms with van der Waals surface area (Å²) in [7, 11) is -3.89. The van der Waals surface area contributed by atoms with Crippen molar-refractivity contribution in [2.24, 2.45) is 5.14 Å². The Balaban J connectivity index is 1.72. The number of ether oxygens (including phenoxy) is 2. The number of nitrogens with zero attached hydrogens (tertiary/aromatic N) is 2. The van der Waals surface area contributed by atoms with Gasteiger partial charge in [0, 0.05) is 32.2 Å². The molecule has 2 aromatic carbocycles. The number of carbonyl (C=O) groups excluding carboxylic acids is 1. The van der Waals surface area contributed by atoms with Gasteiger partial charge < -0.3 is 14.4 Å². The second-order valence-corrected chi connectivity index (χ2v) is 8.24. The van der Waals surface area contributed by atoms with Gasteiger partial charge in [0.15, 0.2) is 5.75 Å². The summed E-state index contributed by atoms with van der Waals surface area (Å²) in [5.41, 5.74) is 0.944. The molecule has 1 fully saturated rings. The lowest BCUT2D eigenvalue weighted by Crippen LogP contribution is -2.43. The molecule has 0 spiro atoms. The molecule has 8 nitrogen and oxygen atoms in total. The molecule has 2 heterocycles. The Hall–Kier alpha value is -2.46. The second kappa shape index (κ2) is 7.51.